The maximum atomic E-state index is 12.5. The van der Waals surface area contributed by atoms with Crippen molar-refractivity contribution in [3.63, 3.8) is 0 Å². The molecule has 1 saturated heterocycles. The highest BCUT2D eigenvalue weighted by Crippen LogP contribution is 2.59. The lowest BCUT2D eigenvalue weighted by Crippen LogP contribution is -2.48. The third-order valence-corrected chi connectivity index (χ3v) is 6.56. The molecule has 1 saturated carbocycles. The number of nitrogens with one attached hydrogen (secondary N) is 2. The lowest BCUT2D eigenvalue weighted by Gasteiger charge is -2.56. The molecule has 26 heavy (non-hydrogen) atoms. The van der Waals surface area contributed by atoms with Crippen LogP contribution in [0.2, 0.25) is 0 Å². The van der Waals surface area contributed by atoms with Crippen LogP contribution in [-0.2, 0) is 0 Å². The van der Waals surface area contributed by atoms with Crippen LogP contribution in [0.1, 0.15) is 43.5 Å². The monoisotopic (exact) mass is 353 g/mol. The first-order valence-corrected chi connectivity index (χ1v) is 9.59. The Morgan fingerprint density at radius 1 is 1.38 bits per heavy atom. The summed E-state index contributed by atoms with van der Waals surface area (Å²) in [5.41, 5.74) is 3.31. The molecule has 1 aromatic rings. The van der Waals surface area contributed by atoms with Gasteiger partial charge in [0, 0.05) is 30.9 Å². The lowest BCUT2D eigenvalue weighted by atomic mass is 9.48. The Morgan fingerprint density at radius 3 is 2.92 bits per heavy atom. The van der Waals surface area contributed by atoms with E-state index in [9.17, 15) is 9.59 Å². The van der Waals surface area contributed by atoms with Crippen molar-refractivity contribution in [2.45, 2.75) is 33.1 Å². The van der Waals surface area contributed by atoms with Crippen molar-refractivity contribution in [2.75, 3.05) is 24.5 Å². The number of benzene rings is 1. The highest BCUT2D eigenvalue weighted by Gasteiger charge is 2.50. The van der Waals surface area contributed by atoms with Crippen molar-refractivity contribution in [3.8, 4) is 0 Å². The number of hydrogen-bond donors (Lipinski definition) is 2. The second kappa shape index (κ2) is 6.45. The molecule has 5 nitrogen and oxygen atoms in total. The van der Waals surface area contributed by atoms with Crippen molar-refractivity contribution in [1.29, 1.82) is 0 Å². The van der Waals surface area contributed by atoms with Gasteiger partial charge in [-0.2, -0.15) is 0 Å². The van der Waals surface area contributed by atoms with Crippen LogP contribution in [0.4, 0.5) is 10.5 Å². The number of hydrogen-bond acceptors (Lipinski definition) is 2. The van der Waals surface area contributed by atoms with Gasteiger partial charge in [-0.3, -0.25) is 9.69 Å². The van der Waals surface area contributed by atoms with Crippen LogP contribution in [0.3, 0.4) is 0 Å². The van der Waals surface area contributed by atoms with Crippen molar-refractivity contribution in [2.24, 2.45) is 17.3 Å². The van der Waals surface area contributed by atoms with Crippen molar-refractivity contribution in [1.82, 2.24) is 10.6 Å². The Morgan fingerprint density at radius 2 is 2.23 bits per heavy atom. The van der Waals surface area contributed by atoms with E-state index < -0.39 is 0 Å². The van der Waals surface area contributed by atoms with E-state index in [1.54, 1.807) is 17.0 Å². The number of rotatable bonds is 5. The Bertz CT molecular complexity index is 768. The first-order chi connectivity index (χ1) is 12.5. The highest BCUT2D eigenvalue weighted by atomic mass is 16.2. The van der Waals surface area contributed by atoms with Gasteiger partial charge < -0.3 is 10.6 Å². The molecule has 1 aromatic carbocycles. The first-order valence-electron chi connectivity index (χ1n) is 9.59. The molecule has 3 amide bonds. The molecule has 5 heteroatoms. The number of urea groups is 1. The van der Waals surface area contributed by atoms with Gasteiger partial charge in [-0.05, 0) is 54.7 Å². The van der Waals surface area contributed by atoms with Gasteiger partial charge >= 0.3 is 6.03 Å². The standard InChI is InChI=1S/C21H27N3O2/c1-21(2)16-7-6-14(18(21)13-16)8-9-22-19(25)15-4-3-5-17(12-15)24-11-10-23-20(24)26/h3-6,12,16,18H,7-11,13H2,1-2H3,(H,22,25)(H,23,26)/t16-,18-/m0/s1. The first kappa shape index (κ1) is 17.1. The van der Waals surface area contributed by atoms with Crippen LogP contribution in [-0.4, -0.2) is 31.6 Å². The van der Waals surface area contributed by atoms with E-state index in [-0.39, 0.29) is 11.9 Å². The Kier molecular flexibility index (Phi) is 4.25. The number of allylic oxidation sites excluding steroid dienone is 1. The van der Waals surface area contributed by atoms with E-state index >= 15 is 0 Å². The quantitative estimate of drug-likeness (QED) is 0.798. The number of fused-ring (bicyclic) bond motifs is 1. The molecule has 1 aliphatic heterocycles. The van der Waals surface area contributed by atoms with E-state index in [2.05, 4.69) is 30.6 Å². The van der Waals surface area contributed by atoms with Crippen molar-refractivity contribution >= 4 is 17.6 Å². The lowest BCUT2D eigenvalue weighted by molar-refractivity contribution is -0.00811. The topological polar surface area (TPSA) is 61.4 Å². The maximum absolute atomic E-state index is 12.5. The summed E-state index contributed by atoms with van der Waals surface area (Å²) in [5.74, 6) is 1.46. The minimum Gasteiger partial charge on any atom is -0.352 e. The van der Waals surface area contributed by atoms with Gasteiger partial charge in [0.05, 0.1) is 0 Å². The molecule has 138 valence electrons. The van der Waals surface area contributed by atoms with Gasteiger partial charge in [-0.25, -0.2) is 4.79 Å². The zero-order chi connectivity index (χ0) is 18.3. The molecule has 4 aliphatic rings. The molecule has 2 N–H and O–H groups in total. The van der Waals surface area contributed by atoms with Crippen LogP contribution >= 0.6 is 0 Å². The third kappa shape index (κ3) is 2.89. The molecule has 1 heterocycles. The summed E-state index contributed by atoms with van der Waals surface area (Å²) < 4.78 is 0. The van der Waals surface area contributed by atoms with E-state index in [1.807, 2.05) is 12.1 Å². The maximum Gasteiger partial charge on any atom is 0.321 e. The molecule has 2 bridgehead atoms. The smallest absolute Gasteiger partial charge is 0.321 e. The van der Waals surface area contributed by atoms with Crippen molar-refractivity contribution in [3.05, 3.63) is 41.5 Å². The molecule has 3 aliphatic carbocycles. The fourth-order valence-corrected chi connectivity index (χ4v) is 4.71. The van der Waals surface area contributed by atoms with Gasteiger partial charge in [-0.1, -0.05) is 31.6 Å². The van der Waals surface area contributed by atoms with Crippen LogP contribution in [0.25, 0.3) is 0 Å². The summed E-state index contributed by atoms with van der Waals surface area (Å²) in [5, 5.41) is 5.82. The van der Waals surface area contributed by atoms with E-state index in [0.717, 1.165) is 18.0 Å². The number of carbonyl (C=O) groups excluding carboxylic acids is 2. The molecule has 0 aromatic heterocycles. The predicted molar refractivity (Wildman–Crippen MR) is 102 cm³/mol. The third-order valence-electron chi connectivity index (χ3n) is 6.56. The van der Waals surface area contributed by atoms with E-state index in [0.29, 0.717) is 36.5 Å². The van der Waals surface area contributed by atoms with Gasteiger partial charge in [0.25, 0.3) is 5.91 Å². The number of carbonyl (C=O) groups is 2. The fourth-order valence-electron chi connectivity index (χ4n) is 4.71. The average Bonchev–Trinajstić information content (AvgIpc) is 3.07. The zero-order valence-corrected chi connectivity index (χ0v) is 15.5. The number of anilines is 1. The largest absolute Gasteiger partial charge is 0.352 e. The summed E-state index contributed by atoms with van der Waals surface area (Å²) in [6.45, 7) is 6.68. The average molecular weight is 353 g/mol. The minimum absolute atomic E-state index is 0.0754. The van der Waals surface area contributed by atoms with E-state index in [4.69, 9.17) is 0 Å². The molecule has 0 spiro atoms. The molecule has 0 unspecified atom stereocenters. The summed E-state index contributed by atoms with van der Waals surface area (Å²) in [6.07, 6.45) is 5.82. The van der Waals surface area contributed by atoms with Gasteiger partial charge in [0.15, 0.2) is 0 Å². The summed E-state index contributed by atoms with van der Waals surface area (Å²) in [7, 11) is 0. The number of amides is 3. The predicted octanol–water partition coefficient (Wildman–Crippen LogP) is 3.33. The van der Waals surface area contributed by atoms with Crippen molar-refractivity contribution < 1.29 is 9.59 Å². The molecular formula is C21H27N3O2. The molecule has 2 fully saturated rings. The normalized spacial score (nSPS) is 26.0. The van der Waals surface area contributed by atoms with Gasteiger partial charge in [0.1, 0.15) is 0 Å². The molecular weight excluding hydrogens is 326 g/mol. The van der Waals surface area contributed by atoms with Gasteiger partial charge in [-0.15, -0.1) is 0 Å². The van der Waals surface area contributed by atoms with Crippen LogP contribution < -0.4 is 15.5 Å². The summed E-state index contributed by atoms with van der Waals surface area (Å²) >= 11 is 0. The highest BCUT2D eigenvalue weighted by molar-refractivity contribution is 5.98. The van der Waals surface area contributed by atoms with E-state index in [1.165, 1.54) is 18.4 Å². The summed E-state index contributed by atoms with van der Waals surface area (Å²) in [4.78, 5) is 26.0. The Hall–Kier alpha value is -2.30. The van der Waals surface area contributed by atoms with Gasteiger partial charge in [0.2, 0.25) is 0 Å². The zero-order valence-electron chi connectivity index (χ0n) is 15.5. The Labute approximate surface area is 154 Å². The number of nitrogens with zero attached hydrogens (tertiary/aromatic N) is 1. The second-order valence-electron chi connectivity index (χ2n) is 8.26. The fraction of sp³-hybridized carbons (Fsp3) is 0.524. The van der Waals surface area contributed by atoms with Crippen LogP contribution in [0, 0.1) is 17.3 Å². The minimum atomic E-state index is -0.104. The molecule has 5 rings (SSSR count). The van der Waals surface area contributed by atoms with Crippen LogP contribution in [0.5, 0.6) is 0 Å². The molecule has 0 radical (unpaired) electrons. The second-order valence-corrected chi connectivity index (χ2v) is 8.26. The van der Waals surface area contributed by atoms with Crippen LogP contribution in [0.15, 0.2) is 35.9 Å². The SMILES string of the molecule is CC1(C)[C@H]2CC=C(CCNC(=O)c3cccc(N4CCNC4=O)c3)[C@@H]1C2. The summed E-state index contributed by atoms with van der Waals surface area (Å²) in [6, 6.07) is 7.18. The Balaban J connectivity index is 1.34. The molecule has 2 atom stereocenters.